The molecule has 4 nitrogen and oxygen atoms in total. The van der Waals surface area contributed by atoms with Crippen molar-refractivity contribution in [3.8, 4) is 0 Å². The topological polar surface area (TPSA) is 62.2 Å². The van der Waals surface area contributed by atoms with Gasteiger partial charge in [-0.3, -0.25) is 9.78 Å². The number of nitrogens with zero attached hydrogens (tertiary/aromatic N) is 1. The van der Waals surface area contributed by atoms with Gasteiger partial charge < -0.3 is 10.4 Å². The lowest BCUT2D eigenvalue weighted by molar-refractivity contribution is -0.139. The molecule has 12 heavy (non-hydrogen) atoms. The van der Waals surface area contributed by atoms with Gasteiger partial charge in [-0.1, -0.05) is 6.92 Å². The molecule has 0 aliphatic carbocycles. The number of carboxylic acids is 1. The van der Waals surface area contributed by atoms with E-state index in [1.165, 1.54) is 11.3 Å². The second-order valence-corrected chi connectivity index (χ2v) is 3.15. The molecule has 5 heteroatoms. The lowest BCUT2D eigenvalue weighted by atomic mass is 10.2. The Kier molecular flexibility index (Phi) is 3.19. The summed E-state index contributed by atoms with van der Waals surface area (Å²) < 4.78 is 0. The minimum atomic E-state index is -0.860. The summed E-state index contributed by atoms with van der Waals surface area (Å²) in [4.78, 5) is 15.3. The smallest absolute Gasteiger partial charge is 0.326 e. The number of hydrogen-bond donors (Lipinski definition) is 2. The van der Waals surface area contributed by atoms with Crippen LogP contribution in [0.3, 0.4) is 0 Å². The van der Waals surface area contributed by atoms with E-state index in [1.807, 2.05) is 6.92 Å². The summed E-state index contributed by atoms with van der Waals surface area (Å²) >= 11 is 1.34. The Balaban J connectivity index is 2.73. The van der Waals surface area contributed by atoms with Gasteiger partial charge in [-0.25, -0.2) is 0 Å². The summed E-state index contributed by atoms with van der Waals surface area (Å²) in [5.41, 5.74) is 1.63. The molecule has 0 saturated carbocycles. The third-order valence-corrected chi connectivity index (χ3v) is 2.23. The van der Waals surface area contributed by atoms with E-state index in [4.69, 9.17) is 5.11 Å². The van der Waals surface area contributed by atoms with Crippen molar-refractivity contribution in [3.63, 3.8) is 0 Å². The summed E-state index contributed by atoms with van der Waals surface area (Å²) in [6, 6.07) is -0.609. The van der Waals surface area contributed by atoms with Gasteiger partial charge in [0.05, 0.1) is 10.4 Å². The Hall–Kier alpha value is -0.940. The molecule has 0 aliphatic heterocycles. The second kappa shape index (κ2) is 4.18. The van der Waals surface area contributed by atoms with Gasteiger partial charge in [0.1, 0.15) is 6.04 Å². The molecule has 1 aromatic heterocycles. The van der Waals surface area contributed by atoms with Gasteiger partial charge in [0.2, 0.25) is 0 Å². The number of carbonyl (C=O) groups is 1. The van der Waals surface area contributed by atoms with Crippen molar-refractivity contribution in [2.45, 2.75) is 13.0 Å². The number of hydrogen-bond acceptors (Lipinski definition) is 4. The first-order valence-electron chi connectivity index (χ1n) is 3.60. The van der Waals surface area contributed by atoms with Gasteiger partial charge in [0.15, 0.2) is 0 Å². The number of aliphatic carboxylic acids is 1. The third kappa shape index (κ3) is 2.02. The fourth-order valence-corrected chi connectivity index (χ4v) is 1.57. The van der Waals surface area contributed by atoms with Crippen molar-refractivity contribution in [1.82, 2.24) is 10.3 Å². The molecule has 1 aromatic rings. The minimum Gasteiger partial charge on any atom is -0.480 e. The Morgan fingerprint density at radius 1 is 1.92 bits per heavy atom. The Morgan fingerprint density at radius 2 is 2.67 bits per heavy atom. The molecule has 2 N–H and O–H groups in total. The summed E-state index contributed by atoms with van der Waals surface area (Å²) in [5, 5.41) is 11.6. The summed E-state index contributed by atoms with van der Waals surface area (Å²) in [7, 11) is 0. The molecule has 1 atom stereocenters. The highest BCUT2D eigenvalue weighted by molar-refractivity contribution is 7.09. The number of likely N-dealkylation sites (N-methyl/N-ethyl adjacent to an activating group) is 1. The van der Waals surface area contributed by atoms with Crippen LogP contribution in [0, 0.1) is 0 Å². The molecule has 1 unspecified atom stereocenters. The zero-order chi connectivity index (χ0) is 8.97. The molecule has 1 rings (SSSR count). The quantitative estimate of drug-likeness (QED) is 0.732. The molecule has 0 amide bonds. The molecule has 1 heterocycles. The number of rotatable bonds is 4. The number of thiazole rings is 1. The Bertz CT molecular complexity index is 248. The maximum absolute atomic E-state index is 10.7. The van der Waals surface area contributed by atoms with Crippen LogP contribution in [0.5, 0.6) is 0 Å². The van der Waals surface area contributed by atoms with Crippen LogP contribution >= 0.6 is 11.3 Å². The lowest BCUT2D eigenvalue weighted by Crippen LogP contribution is -2.27. The first kappa shape index (κ1) is 9.15. The second-order valence-electron chi connectivity index (χ2n) is 2.23. The zero-order valence-corrected chi connectivity index (χ0v) is 7.47. The predicted octanol–water partition coefficient (Wildman–Crippen LogP) is 0.878. The summed E-state index contributed by atoms with van der Waals surface area (Å²) in [6.45, 7) is 2.51. The molecule has 66 valence electrons. The summed E-state index contributed by atoms with van der Waals surface area (Å²) in [5.74, 6) is -0.860. The fraction of sp³-hybridized carbons (Fsp3) is 0.429. The third-order valence-electron chi connectivity index (χ3n) is 1.39. The number of nitrogens with one attached hydrogen (secondary N) is 1. The van der Waals surface area contributed by atoms with Gasteiger partial charge in [-0.05, 0) is 6.54 Å². The van der Waals surface area contributed by atoms with Crippen LogP contribution in [0.4, 0.5) is 0 Å². The van der Waals surface area contributed by atoms with Crippen molar-refractivity contribution in [2.75, 3.05) is 6.54 Å². The normalized spacial score (nSPS) is 12.8. The highest BCUT2D eigenvalue weighted by Gasteiger charge is 2.19. The largest absolute Gasteiger partial charge is 0.480 e. The maximum atomic E-state index is 10.7. The molecule has 0 radical (unpaired) electrons. The molecular weight excluding hydrogens is 176 g/mol. The van der Waals surface area contributed by atoms with E-state index < -0.39 is 12.0 Å². The van der Waals surface area contributed by atoms with Crippen molar-refractivity contribution >= 4 is 17.3 Å². The predicted molar refractivity (Wildman–Crippen MR) is 46.2 cm³/mol. The molecule has 0 fully saturated rings. The summed E-state index contributed by atoms with van der Waals surface area (Å²) in [6.07, 6.45) is 1.58. The van der Waals surface area contributed by atoms with Crippen molar-refractivity contribution in [1.29, 1.82) is 0 Å². The molecule has 0 aliphatic rings. The van der Waals surface area contributed by atoms with E-state index in [2.05, 4.69) is 10.3 Å². The van der Waals surface area contributed by atoms with E-state index in [9.17, 15) is 4.79 Å². The number of aromatic nitrogens is 1. The van der Waals surface area contributed by atoms with Gasteiger partial charge in [-0.15, -0.1) is 11.3 Å². The van der Waals surface area contributed by atoms with E-state index in [0.29, 0.717) is 6.54 Å². The van der Waals surface area contributed by atoms with Crippen LogP contribution in [-0.4, -0.2) is 22.6 Å². The van der Waals surface area contributed by atoms with Crippen molar-refractivity contribution < 1.29 is 9.90 Å². The highest BCUT2D eigenvalue weighted by Crippen LogP contribution is 2.16. The molecular formula is C7H10N2O2S. The zero-order valence-electron chi connectivity index (χ0n) is 6.65. The lowest BCUT2D eigenvalue weighted by Gasteiger charge is -2.09. The minimum absolute atomic E-state index is 0.609. The number of carboxylic acid groups (broad SMARTS) is 1. The molecule has 0 saturated heterocycles. The standard InChI is InChI=1S/C7H10N2O2S/c1-2-9-6(7(10)11)5-3-8-4-12-5/h3-4,6,9H,2H2,1H3,(H,10,11). The van der Waals surface area contributed by atoms with E-state index in [-0.39, 0.29) is 0 Å². The first-order valence-corrected chi connectivity index (χ1v) is 4.48. The van der Waals surface area contributed by atoms with Crippen LogP contribution < -0.4 is 5.32 Å². The van der Waals surface area contributed by atoms with Crippen molar-refractivity contribution in [3.05, 3.63) is 16.6 Å². The van der Waals surface area contributed by atoms with Gasteiger partial charge in [-0.2, -0.15) is 0 Å². The maximum Gasteiger partial charge on any atom is 0.326 e. The van der Waals surface area contributed by atoms with Crippen molar-refractivity contribution in [2.24, 2.45) is 0 Å². The monoisotopic (exact) mass is 186 g/mol. The van der Waals surface area contributed by atoms with Crippen LogP contribution in [-0.2, 0) is 4.79 Å². The molecule has 0 aromatic carbocycles. The van der Waals surface area contributed by atoms with Crippen LogP contribution in [0.15, 0.2) is 11.7 Å². The SMILES string of the molecule is CCNC(C(=O)O)c1cncs1. The fourth-order valence-electron chi connectivity index (χ4n) is 0.882. The van der Waals surface area contributed by atoms with E-state index >= 15 is 0 Å². The Labute approximate surface area is 74.3 Å². The van der Waals surface area contributed by atoms with Crippen LogP contribution in [0.1, 0.15) is 17.8 Å². The highest BCUT2D eigenvalue weighted by atomic mass is 32.1. The average Bonchev–Trinajstić information content (AvgIpc) is 2.51. The van der Waals surface area contributed by atoms with Crippen LogP contribution in [0.25, 0.3) is 0 Å². The van der Waals surface area contributed by atoms with Crippen LogP contribution in [0.2, 0.25) is 0 Å². The molecule has 0 spiro atoms. The van der Waals surface area contributed by atoms with Gasteiger partial charge in [0.25, 0.3) is 0 Å². The Morgan fingerprint density at radius 3 is 3.08 bits per heavy atom. The average molecular weight is 186 g/mol. The van der Waals surface area contributed by atoms with E-state index in [1.54, 1.807) is 11.7 Å². The van der Waals surface area contributed by atoms with Gasteiger partial charge in [0, 0.05) is 6.20 Å². The van der Waals surface area contributed by atoms with E-state index in [0.717, 1.165) is 4.88 Å². The first-order chi connectivity index (χ1) is 5.75. The molecule has 0 bridgehead atoms. The van der Waals surface area contributed by atoms with Gasteiger partial charge >= 0.3 is 5.97 Å².